The van der Waals surface area contributed by atoms with Crippen LogP contribution in [0.15, 0.2) is 53.9 Å². The summed E-state index contributed by atoms with van der Waals surface area (Å²) in [5.74, 6) is -0.102. The standard InChI is InChI=1S/C19H16FNO2S/c1-2-13-3-9-17(10-4-13)23-18(22)11-16-12-24-19(21-16)14-5-7-15(20)8-6-14/h3-10,12H,2,11H2,1H3. The smallest absolute Gasteiger partial charge is 0.317 e. The summed E-state index contributed by atoms with van der Waals surface area (Å²) >= 11 is 1.42. The molecule has 3 aromatic rings. The minimum atomic E-state index is -0.352. The number of carbonyl (C=O) groups excluding carboxylic acids is 1. The summed E-state index contributed by atoms with van der Waals surface area (Å²) in [7, 11) is 0. The van der Waals surface area contributed by atoms with Crippen LogP contribution < -0.4 is 4.74 Å². The van der Waals surface area contributed by atoms with E-state index in [0.29, 0.717) is 11.4 Å². The topological polar surface area (TPSA) is 39.2 Å². The normalized spacial score (nSPS) is 10.6. The van der Waals surface area contributed by atoms with E-state index in [1.807, 2.05) is 17.5 Å². The molecule has 24 heavy (non-hydrogen) atoms. The summed E-state index contributed by atoms with van der Waals surface area (Å²) in [6, 6.07) is 13.6. The molecular weight excluding hydrogens is 325 g/mol. The number of ether oxygens (including phenoxy) is 1. The molecule has 0 aliphatic rings. The molecule has 3 nitrogen and oxygen atoms in total. The van der Waals surface area contributed by atoms with Gasteiger partial charge in [0.25, 0.3) is 0 Å². The molecule has 0 atom stereocenters. The molecule has 0 saturated carbocycles. The molecule has 0 aliphatic heterocycles. The van der Waals surface area contributed by atoms with Crippen LogP contribution in [-0.2, 0) is 17.6 Å². The number of nitrogens with zero attached hydrogens (tertiary/aromatic N) is 1. The van der Waals surface area contributed by atoms with Gasteiger partial charge in [-0.05, 0) is 48.4 Å². The average molecular weight is 341 g/mol. The molecule has 0 N–H and O–H groups in total. The lowest BCUT2D eigenvalue weighted by Crippen LogP contribution is -2.11. The number of rotatable bonds is 5. The van der Waals surface area contributed by atoms with Crippen molar-refractivity contribution in [1.29, 1.82) is 0 Å². The maximum absolute atomic E-state index is 13.0. The van der Waals surface area contributed by atoms with Gasteiger partial charge in [-0.25, -0.2) is 9.37 Å². The summed E-state index contributed by atoms with van der Waals surface area (Å²) in [4.78, 5) is 16.4. The number of halogens is 1. The number of aromatic nitrogens is 1. The molecule has 1 heterocycles. The van der Waals surface area contributed by atoms with Crippen molar-refractivity contribution < 1.29 is 13.9 Å². The number of hydrogen-bond acceptors (Lipinski definition) is 4. The van der Waals surface area contributed by atoms with Crippen molar-refractivity contribution in [3.8, 4) is 16.3 Å². The van der Waals surface area contributed by atoms with Gasteiger partial charge in [-0.1, -0.05) is 19.1 Å². The molecule has 0 bridgehead atoms. The summed E-state index contributed by atoms with van der Waals surface area (Å²) in [6.45, 7) is 2.07. The number of esters is 1. The maximum atomic E-state index is 13.0. The predicted molar refractivity (Wildman–Crippen MR) is 92.7 cm³/mol. The number of aryl methyl sites for hydroxylation is 1. The lowest BCUT2D eigenvalue weighted by molar-refractivity contribution is -0.133. The molecular formula is C19H16FNO2S. The van der Waals surface area contributed by atoms with E-state index in [-0.39, 0.29) is 18.2 Å². The van der Waals surface area contributed by atoms with Crippen LogP contribution in [0, 0.1) is 5.82 Å². The molecule has 0 radical (unpaired) electrons. The van der Waals surface area contributed by atoms with Crippen molar-refractivity contribution >= 4 is 17.3 Å². The first kappa shape index (κ1) is 16.3. The molecule has 1 aromatic heterocycles. The second kappa shape index (κ2) is 7.36. The molecule has 0 spiro atoms. The highest BCUT2D eigenvalue weighted by Crippen LogP contribution is 2.24. The van der Waals surface area contributed by atoms with E-state index in [1.54, 1.807) is 24.3 Å². The van der Waals surface area contributed by atoms with Crippen molar-refractivity contribution in [2.24, 2.45) is 0 Å². The zero-order chi connectivity index (χ0) is 16.9. The van der Waals surface area contributed by atoms with Gasteiger partial charge in [-0.15, -0.1) is 11.3 Å². The van der Waals surface area contributed by atoms with Gasteiger partial charge >= 0.3 is 5.97 Å². The number of thiazole rings is 1. The molecule has 0 saturated heterocycles. The van der Waals surface area contributed by atoms with E-state index < -0.39 is 0 Å². The van der Waals surface area contributed by atoms with E-state index >= 15 is 0 Å². The van der Waals surface area contributed by atoms with Crippen LogP contribution in [0.5, 0.6) is 5.75 Å². The van der Waals surface area contributed by atoms with Gasteiger partial charge < -0.3 is 4.74 Å². The second-order valence-corrected chi connectivity index (χ2v) is 6.16. The Labute approximate surface area is 143 Å². The highest BCUT2D eigenvalue weighted by Gasteiger charge is 2.11. The van der Waals surface area contributed by atoms with Crippen molar-refractivity contribution in [2.75, 3.05) is 0 Å². The van der Waals surface area contributed by atoms with Crippen molar-refractivity contribution in [3.63, 3.8) is 0 Å². The zero-order valence-corrected chi connectivity index (χ0v) is 14.0. The summed E-state index contributed by atoms with van der Waals surface area (Å²) in [6.07, 6.45) is 1.05. The summed E-state index contributed by atoms with van der Waals surface area (Å²) in [5, 5.41) is 2.57. The Morgan fingerprint density at radius 1 is 1.12 bits per heavy atom. The molecule has 2 aromatic carbocycles. The van der Waals surface area contributed by atoms with Crippen LogP contribution >= 0.6 is 11.3 Å². The molecule has 5 heteroatoms. The second-order valence-electron chi connectivity index (χ2n) is 5.30. The highest BCUT2D eigenvalue weighted by atomic mass is 32.1. The third-order valence-corrected chi connectivity index (χ3v) is 4.47. The third kappa shape index (κ3) is 4.06. The molecule has 122 valence electrons. The lowest BCUT2D eigenvalue weighted by Gasteiger charge is -2.04. The van der Waals surface area contributed by atoms with Gasteiger partial charge in [0.15, 0.2) is 0 Å². The average Bonchev–Trinajstić information content (AvgIpc) is 3.04. The quantitative estimate of drug-likeness (QED) is 0.500. The van der Waals surface area contributed by atoms with Crippen LogP contribution in [0.4, 0.5) is 4.39 Å². The van der Waals surface area contributed by atoms with Crippen molar-refractivity contribution in [2.45, 2.75) is 19.8 Å². The highest BCUT2D eigenvalue weighted by molar-refractivity contribution is 7.13. The minimum absolute atomic E-state index is 0.104. The molecule has 0 unspecified atom stereocenters. The Hall–Kier alpha value is -2.53. The number of benzene rings is 2. The van der Waals surface area contributed by atoms with E-state index in [4.69, 9.17) is 4.74 Å². The molecule has 3 rings (SSSR count). The largest absolute Gasteiger partial charge is 0.426 e. The fourth-order valence-electron chi connectivity index (χ4n) is 2.22. The SMILES string of the molecule is CCc1ccc(OC(=O)Cc2csc(-c3ccc(F)cc3)n2)cc1. The van der Waals surface area contributed by atoms with Crippen LogP contribution in [-0.4, -0.2) is 11.0 Å². The minimum Gasteiger partial charge on any atom is -0.426 e. The molecule has 0 aliphatic carbocycles. The van der Waals surface area contributed by atoms with Crippen molar-refractivity contribution in [3.05, 3.63) is 71.0 Å². The fourth-order valence-corrected chi connectivity index (χ4v) is 3.05. The first-order valence-corrected chi connectivity index (χ1v) is 8.52. The first-order chi connectivity index (χ1) is 11.6. The van der Waals surface area contributed by atoms with E-state index in [9.17, 15) is 9.18 Å². The summed E-state index contributed by atoms with van der Waals surface area (Å²) < 4.78 is 18.3. The Bertz CT molecular complexity index is 825. The summed E-state index contributed by atoms with van der Waals surface area (Å²) in [5.41, 5.74) is 2.67. The Balaban J connectivity index is 1.63. The van der Waals surface area contributed by atoms with Gasteiger partial charge in [0, 0.05) is 10.9 Å². The van der Waals surface area contributed by atoms with Gasteiger partial charge in [0.2, 0.25) is 0 Å². The fraction of sp³-hybridized carbons (Fsp3) is 0.158. The Morgan fingerprint density at radius 3 is 2.50 bits per heavy atom. The lowest BCUT2D eigenvalue weighted by atomic mass is 10.2. The van der Waals surface area contributed by atoms with E-state index in [0.717, 1.165) is 17.0 Å². The Morgan fingerprint density at radius 2 is 1.83 bits per heavy atom. The van der Waals surface area contributed by atoms with Gasteiger partial charge in [0.05, 0.1) is 12.1 Å². The van der Waals surface area contributed by atoms with Crippen molar-refractivity contribution in [1.82, 2.24) is 4.98 Å². The third-order valence-electron chi connectivity index (χ3n) is 3.53. The van der Waals surface area contributed by atoms with Crippen LogP contribution in [0.3, 0.4) is 0 Å². The monoisotopic (exact) mass is 341 g/mol. The van der Waals surface area contributed by atoms with Crippen LogP contribution in [0.1, 0.15) is 18.2 Å². The number of hydrogen-bond donors (Lipinski definition) is 0. The van der Waals surface area contributed by atoms with Crippen LogP contribution in [0.25, 0.3) is 10.6 Å². The van der Waals surface area contributed by atoms with Gasteiger partial charge in [-0.2, -0.15) is 0 Å². The first-order valence-electron chi connectivity index (χ1n) is 7.64. The molecule has 0 amide bonds. The van der Waals surface area contributed by atoms with E-state index in [1.165, 1.54) is 29.0 Å². The number of carbonyl (C=O) groups is 1. The van der Waals surface area contributed by atoms with Gasteiger partial charge in [0.1, 0.15) is 16.6 Å². The zero-order valence-electron chi connectivity index (χ0n) is 13.2. The van der Waals surface area contributed by atoms with Crippen LogP contribution in [0.2, 0.25) is 0 Å². The molecule has 0 fully saturated rings. The van der Waals surface area contributed by atoms with E-state index in [2.05, 4.69) is 11.9 Å². The predicted octanol–water partition coefficient (Wildman–Crippen LogP) is 4.66. The Kier molecular flexibility index (Phi) is 5.01. The maximum Gasteiger partial charge on any atom is 0.317 e. The van der Waals surface area contributed by atoms with Gasteiger partial charge in [-0.3, -0.25) is 4.79 Å².